The molecule has 2 aromatic rings. The Balaban J connectivity index is 1.87. The molecule has 0 unspecified atom stereocenters. The zero-order chi connectivity index (χ0) is 19.7. The van der Waals surface area contributed by atoms with Crippen molar-refractivity contribution < 1.29 is 4.79 Å². The van der Waals surface area contributed by atoms with E-state index in [2.05, 4.69) is 40.8 Å². The van der Waals surface area contributed by atoms with E-state index in [4.69, 9.17) is 5.73 Å². The first-order chi connectivity index (χ1) is 12.8. The van der Waals surface area contributed by atoms with Gasteiger partial charge in [0.15, 0.2) is 0 Å². The van der Waals surface area contributed by atoms with Crippen molar-refractivity contribution in [2.75, 3.05) is 25.0 Å². The summed E-state index contributed by atoms with van der Waals surface area (Å²) in [5, 5.41) is 0. The summed E-state index contributed by atoms with van der Waals surface area (Å²) in [4.78, 5) is 26.0. The van der Waals surface area contributed by atoms with Crippen LogP contribution in [0.4, 0.5) is 5.82 Å². The molecular weight excluding hydrogens is 338 g/mol. The Labute approximate surface area is 161 Å². The molecule has 1 fully saturated rings. The van der Waals surface area contributed by atoms with E-state index in [9.17, 15) is 4.79 Å². The van der Waals surface area contributed by atoms with Crippen LogP contribution in [0.2, 0.25) is 0 Å². The minimum Gasteiger partial charge on any atom is -0.355 e. The number of carbonyl (C=O) groups excluding carboxylic acids is 1. The van der Waals surface area contributed by atoms with E-state index < -0.39 is 0 Å². The normalized spacial score (nSPS) is 16.7. The minimum atomic E-state index is -0.162. The standard InChI is InChI=1S/C21H29N5O/c1-13-7-6-8-14(2)18(13)12-25(5)21(27)19-23-16(4)15(3)20(24-19)26-10-9-17(22)11-26/h6-8,17H,9-12,22H2,1-5H3/t17-/m1/s1. The molecule has 0 saturated carbocycles. The predicted molar refractivity (Wildman–Crippen MR) is 108 cm³/mol. The third kappa shape index (κ3) is 3.95. The third-order valence-electron chi connectivity index (χ3n) is 5.47. The summed E-state index contributed by atoms with van der Waals surface area (Å²) in [6, 6.07) is 6.34. The van der Waals surface area contributed by atoms with Crippen LogP contribution in [0.1, 0.15) is 45.0 Å². The van der Waals surface area contributed by atoms with E-state index in [0.717, 1.165) is 36.6 Å². The second kappa shape index (κ2) is 7.64. The molecule has 0 aliphatic carbocycles. The highest BCUT2D eigenvalue weighted by atomic mass is 16.2. The largest absolute Gasteiger partial charge is 0.355 e. The Kier molecular flexibility index (Phi) is 5.46. The summed E-state index contributed by atoms with van der Waals surface area (Å²) >= 11 is 0. The Morgan fingerprint density at radius 3 is 2.48 bits per heavy atom. The number of hydrogen-bond donors (Lipinski definition) is 1. The molecule has 0 spiro atoms. The van der Waals surface area contributed by atoms with Crippen molar-refractivity contribution in [1.82, 2.24) is 14.9 Å². The number of benzene rings is 1. The molecular formula is C21H29N5O. The third-order valence-corrected chi connectivity index (χ3v) is 5.47. The first-order valence-electron chi connectivity index (χ1n) is 9.44. The van der Waals surface area contributed by atoms with E-state index in [1.54, 1.807) is 11.9 Å². The van der Waals surface area contributed by atoms with Crippen molar-refractivity contribution in [3.8, 4) is 0 Å². The van der Waals surface area contributed by atoms with Gasteiger partial charge in [0, 0.05) is 44.0 Å². The molecule has 6 nitrogen and oxygen atoms in total. The van der Waals surface area contributed by atoms with Crippen molar-refractivity contribution >= 4 is 11.7 Å². The molecule has 1 amide bonds. The highest BCUT2D eigenvalue weighted by Crippen LogP contribution is 2.24. The minimum absolute atomic E-state index is 0.158. The molecule has 2 heterocycles. The first kappa shape index (κ1) is 19.3. The lowest BCUT2D eigenvalue weighted by atomic mass is 10.0. The van der Waals surface area contributed by atoms with Gasteiger partial charge >= 0.3 is 0 Å². The summed E-state index contributed by atoms with van der Waals surface area (Å²) in [6.07, 6.45) is 0.943. The number of carbonyl (C=O) groups is 1. The van der Waals surface area contributed by atoms with Gasteiger partial charge in [0.25, 0.3) is 5.91 Å². The second-order valence-electron chi connectivity index (χ2n) is 7.61. The molecule has 1 atom stereocenters. The number of aryl methyl sites for hydroxylation is 3. The van der Waals surface area contributed by atoms with Crippen LogP contribution in [0.15, 0.2) is 18.2 Å². The molecule has 144 valence electrons. The molecule has 2 N–H and O–H groups in total. The second-order valence-corrected chi connectivity index (χ2v) is 7.61. The van der Waals surface area contributed by atoms with Gasteiger partial charge in [-0.1, -0.05) is 18.2 Å². The molecule has 0 bridgehead atoms. The number of anilines is 1. The average molecular weight is 367 g/mol. The van der Waals surface area contributed by atoms with Crippen LogP contribution in [0.3, 0.4) is 0 Å². The van der Waals surface area contributed by atoms with Gasteiger partial charge in [-0.15, -0.1) is 0 Å². The number of rotatable bonds is 4. The quantitative estimate of drug-likeness (QED) is 0.899. The van der Waals surface area contributed by atoms with Gasteiger partial charge < -0.3 is 15.5 Å². The number of aromatic nitrogens is 2. The van der Waals surface area contributed by atoms with Gasteiger partial charge in [-0.3, -0.25) is 4.79 Å². The lowest BCUT2D eigenvalue weighted by Gasteiger charge is -2.23. The Morgan fingerprint density at radius 2 is 1.89 bits per heavy atom. The molecule has 1 aromatic carbocycles. The molecule has 1 aliphatic rings. The van der Waals surface area contributed by atoms with Crippen molar-refractivity contribution in [1.29, 1.82) is 0 Å². The summed E-state index contributed by atoms with van der Waals surface area (Å²) in [5.74, 6) is 0.923. The average Bonchev–Trinajstić information content (AvgIpc) is 3.06. The number of amides is 1. The lowest BCUT2D eigenvalue weighted by Crippen LogP contribution is -2.31. The smallest absolute Gasteiger partial charge is 0.291 e. The Bertz CT molecular complexity index is 844. The number of nitrogens with zero attached hydrogens (tertiary/aromatic N) is 4. The Morgan fingerprint density at radius 1 is 1.22 bits per heavy atom. The van der Waals surface area contributed by atoms with Crippen LogP contribution in [-0.2, 0) is 6.54 Å². The molecule has 3 rings (SSSR count). The molecule has 1 aromatic heterocycles. The van der Waals surface area contributed by atoms with E-state index in [-0.39, 0.29) is 17.8 Å². The number of nitrogens with two attached hydrogens (primary N) is 1. The van der Waals surface area contributed by atoms with Crippen molar-refractivity contribution in [2.45, 2.75) is 46.7 Å². The van der Waals surface area contributed by atoms with E-state index >= 15 is 0 Å². The summed E-state index contributed by atoms with van der Waals surface area (Å²) in [7, 11) is 1.80. The highest BCUT2D eigenvalue weighted by Gasteiger charge is 2.25. The molecule has 0 radical (unpaired) electrons. The van der Waals surface area contributed by atoms with Crippen LogP contribution in [0.25, 0.3) is 0 Å². The molecule has 27 heavy (non-hydrogen) atoms. The highest BCUT2D eigenvalue weighted by molar-refractivity contribution is 5.91. The monoisotopic (exact) mass is 367 g/mol. The zero-order valence-electron chi connectivity index (χ0n) is 16.9. The van der Waals surface area contributed by atoms with Crippen LogP contribution in [-0.4, -0.2) is 47.0 Å². The van der Waals surface area contributed by atoms with Crippen LogP contribution in [0.5, 0.6) is 0 Å². The van der Waals surface area contributed by atoms with E-state index in [0.29, 0.717) is 6.54 Å². The van der Waals surface area contributed by atoms with E-state index in [1.807, 2.05) is 19.9 Å². The fourth-order valence-corrected chi connectivity index (χ4v) is 3.57. The van der Waals surface area contributed by atoms with Gasteiger partial charge in [-0.2, -0.15) is 0 Å². The van der Waals surface area contributed by atoms with Gasteiger partial charge in [0.1, 0.15) is 5.82 Å². The van der Waals surface area contributed by atoms with Gasteiger partial charge in [0.05, 0.1) is 0 Å². The van der Waals surface area contributed by atoms with Gasteiger partial charge in [-0.05, 0) is 50.8 Å². The lowest BCUT2D eigenvalue weighted by molar-refractivity contribution is 0.0772. The molecule has 1 aliphatic heterocycles. The van der Waals surface area contributed by atoms with Crippen molar-refractivity contribution in [2.24, 2.45) is 5.73 Å². The van der Waals surface area contributed by atoms with Crippen molar-refractivity contribution in [3.63, 3.8) is 0 Å². The maximum atomic E-state index is 13.0. The van der Waals surface area contributed by atoms with Gasteiger partial charge in [0.2, 0.25) is 5.82 Å². The van der Waals surface area contributed by atoms with Crippen LogP contribution < -0.4 is 10.6 Å². The summed E-state index contributed by atoms with van der Waals surface area (Å²) < 4.78 is 0. The SMILES string of the molecule is Cc1cccc(C)c1CN(C)C(=O)c1nc(C)c(C)c(N2CC[C@@H](N)C2)n1. The number of hydrogen-bond acceptors (Lipinski definition) is 5. The maximum absolute atomic E-state index is 13.0. The van der Waals surface area contributed by atoms with E-state index in [1.165, 1.54) is 16.7 Å². The molecule has 6 heteroatoms. The zero-order valence-corrected chi connectivity index (χ0v) is 16.9. The predicted octanol–water partition coefficient (Wildman–Crippen LogP) is 2.52. The van der Waals surface area contributed by atoms with Crippen molar-refractivity contribution in [3.05, 3.63) is 52.0 Å². The summed E-state index contributed by atoms with van der Waals surface area (Å²) in [6.45, 7) is 10.2. The topological polar surface area (TPSA) is 75.4 Å². The fourth-order valence-electron chi connectivity index (χ4n) is 3.57. The molecule has 1 saturated heterocycles. The maximum Gasteiger partial charge on any atom is 0.291 e. The van der Waals surface area contributed by atoms with Crippen LogP contribution >= 0.6 is 0 Å². The first-order valence-corrected chi connectivity index (χ1v) is 9.44. The van der Waals surface area contributed by atoms with Crippen LogP contribution in [0, 0.1) is 27.7 Å². The summed E-state index contributed by atoms with van der Waals surface area (Å²) in [5.41, 5.74) is 11.4. The Hall–Kier alpha value is -2.47. The van der Waals surface area contributed by atoms with Gasteiger partial charge in [-0.25, -0.2) is 9.97 Å². The fraction of sp³-hybridized carbons (Fsp3) is 0.476.